The zero-order chi connectivity index (χ0) is 24.8. The van der Waals surface area contributed by atoms with Gasteiger partial charge in [-0.2, -0.15) is 0 Å². The van der Waals surface area contributed by atoms with E-state index in [0.29, 0.717) is 23.1 Å². The lowest BCUT2D eigenvalue weighted by atomic mass is 10.0. The van der Waals surface area contributed by atoms with Crippen molar-refractivity contribution in [2.75, 3.05) is 27.5 Å². The van der Waals surface area contributed by atoms with Crippen LogP contribution in [-0.4, -0.2) is 29.6 Å². The van der Waals surface area contributed by atoms with E-state index in [0.717, 1.165) is 29.1 Å². The minimum Gasteiger partial charge on any atom is -0.494 e. The Morgan fingerprint density at radius 1 is 1.03 bits per heavy atom. The first-order valence-electron chi connectivity index (χ1n) is 11.5. The van der Waals surface area contributed by atoms with Crippen LogP contribution in [0.25, 0.3) is 0 Å². The highest BCUT2D eigenvalue weighted by Gasteiger charge is 2.36. The number of carbonyl (C=O) groups is 2. The van der Waals surface area contributed by atoms with Crippen molar-refractivity contribution < 1.29 is 14.3 Å². The van der Waals surface area contributed by atoms with Crippen LogP contribution in [0.15, 0.2) is 72.8 Å². The van der Waals surface area contributed by atoms with Crippen LogP contribution < -0.4 is 25.6 Å². The second-order valence-electron chi connectivity index (χ2n) is 8.32. The molecule has 1 aliphatic heterocycles. The number of nitrogens with zero attached hydrogens (tertiary/aromatic N) is 1. The van der Waals surface area contributed by atoms with Gasteiger partial charge in [0.1, 0.15) is 11.8 Å². The summed E-state index contributed by atoms with van der Waals surface area (Å²) in [7, 11) is 0. The second-order valence-corrected chi connectivity index (χ2v) is 8.70. The summed E-state index contributed by atoms with van der Waals surface area (Å²) in [5, 5.41) is 9.33. The van der Waals surface area contributed by atoms with Gasteiger partial charge >= 0.3 is 0 Å². The lowest BCUT2D eigenvalue weighted by molar-refractivity contribution is -0.122. The van der Waals surface area contributed by atoms with Crippen LogP contribution in [0.1, 0.15) is 25.3 Å². The van der Waals surface area contributed by atoms with Crippen molar-refractivity contribution in [1.29, 1.82) is 0 Å². The maximum atomic E-state index is 13.1. The van der Waals surface area contributed by atoms with Crippen molar-refractivity contribution in [2.45, 2.75) is 32.7 Å². The topological polar surface area (TPSA) is 82.7 Å². The highest BCUT2D eigenvalue weighted by Crippen LogP contribution is 2.33. The molecule has 1 atom stereocenters. The maximum absolute atomic E-state index is 13.1. The number of ether oxygens (including phenoxy) is 1. The number of hydrogen-bond acceptors (Lipinski definition) is 4. The Labute approximate surface area is 210 Å². The van der Waals surface area contributed by atoms with Crippen LogP contribution in [0.4, 0.5) is 22.7 Å². The van der Waals surface area contributed by atoms with Gasteiger partial charge in [-0.1, -0.05) is 31.2 Å². The standard InChI is InChI=1S/C27H28N4O3S/c1-3-15-34-21-13-11-19(12-14-21)28-25(32)17-24-26(33)30-22-9-4-5-10-23(22)31(24)27(35)29-20-8-6-7-18(2)16-20/h4-14,16,24H,3,15,17H2,1-2H3,(H,28,32)(H,29,35)(H,30,33)/t24-/m1/s1. The summed E-state index contributed by atoms with van der Waals surface area (Å²) in [5.74, 6) is 0.150. The number of anilines is 4. The average Bonchev–Trinajstić information content (AvgIpc) is 2.84. The van der Waals surface area contributed by atoms with Gasteiger partial charge in [0.2, 0.25) is 11.8 Å². The predicted molar refractivity (Wildman–Crippen MR) is 144 cm³/mol. The van der Waals surface area contributed by atoms with Gasteiger partial charge < -0.3 is 25.6 Å². The van der Waals surface area contributed by atoms with Crippen LogP contribution in [0.3, 0.4) is 0 Å². The van der Waals surface area contributed by atoms with Crippen LogP contribution in [0.2, 0.25) is 0 Å². The molecule has 3 aromatic carbocycles. The lowest BCUT2D eigenvalue weighted by Crippen LogP contribution is -2.53. The Hall–Kier alpha value is -3.91. The molecule has 0 bridgehead atoms. The van der Waals surface area contributed by atoms with Crippen molar-refractivity contribution in [3.63, 3.8) is 0 Å². The maximum Gasteiger partial charge on any atom is 0.248 e. The number of carbonyl (C=O) groups excluding carboxylic acids is 2. The first-order valence-corrected chi connectivity index (χ1v) is 11.9. The zero-order valence-corrected chi connectivity index (χ0v) is 20.5. The summed E-state index contributed by atoms with van der Waals surface area (Å²) >= 11 is 5.73. The fourth-order valence-electron chi connectivity index (χ4n) is 3.87. The van der Waals surface area contributed by atoms with E-state index in [1.807, 2.05) is 74.5 Å². The average molecular weight is 489 g/mol. The Bertz CT molecular complexity index is 1230. The Morgan fingerprint density at radius 3 is 2.54 bits per heavy atom. The molecule has 0 saturated carbocycles. The molecule has 1 aliphatic rings. The Balaban J connectivity index is 1.52. The molecule has 35 heavy (non-hydrogen) atoms. The van der Waals surface area contributed by atoms with E-state index in [9.17, 15) is 9.59 Å². The van der Waals surface area contributed by atoms with Gasteiger partial charge in [0.15, 0.2) is 5.11 Å². The van der Waals surface area contributed by atoms with E-state index in [-0.39, 0.29) is 18.2 Å². The van der Waals surface area contributed by atoms with E-state index in [2.05, 4.69) is 16.0 Å². The summed E-state index contributed by atoms with van der Waals surface area (Å²) in [6.07, 6.45) is 0.839. The number of thiocarbonyl (C=S) groups is 1. The largest absolute Gasteiger partial charge is 0.494 e. The summed E-state index contributed by atoms with van der Waals surface area (Å²) < 4.78 is 5.59. The minimum absolute atomic E-state index is 0.0795. The molecule has 0 unspecified atom stereocenters. The molecule has 8 heteroatoms. The molecule has 7 nitrogen and oxygen atoms in total. The Morgan fingerprint density at radius 2 is 1.80 bits per heavy atom. The number of fused-ring (bicyclic) bond motifs is 1. The van der Waals surface area contributed by atoms with Gasteiger partial charge in [-0.05, 0) is 79.7 Å². The van der Waals surface area contributed by atoms with E-state index in [1.54, 1.807) is 17.0 Å². The van der Waals surface area contributed by atoms with Crippen molar-refractivity contribution in [3.05, 3.63) is 78.4 Å². The van der Waals surface area contributed by atoms with Crippen molar-refractivity contribution in [2.24, 2.45) is 0 Å². The molecule has 3 N–H and O–H groups in total. The molecular weight excluding hydrogens is 460 g/mol. The normalized spacial score (nSPS) is 14.5. The van der Waals surface area contributed by atoms with Crippen molar-refractivity contribution in [1.82, 2.24) is 0 Å². The molecular formula is C27H28N4O3S. The van der Waals surface area contributed by atoms with Gasteiger partial charge in [-0.3, -0.25) is 9.59 Å². The van der Waals surface area contributed by atoms with Crippen LogP contribution in [-0.2, 0) is 9.59 Å². The molecule has 0 saturated heterocycles. The minimum atomic E-state index is -0.818. The third-order valence-electron chi connectivity index (χ3n) is 5.51. The van der Waals surface area contributed by atoms with Gasteiger partial charge in [0.25, 0.3) is 0 Å². The molecule has 1 heterocycles. The van der Waals surface area contributed by atoms with Crippen LogP contribution in [0, 0.1) is 6.92 Å². The fourth-order valence-corrected chi connectivity index (χ4v) is 4.22. The number of aryl methyl sites for hydroxylation is 1. The van der Waals surface area contributed by atoms with Gasteiger partial charge in [-0.15, -0.1) is 0 Å². The molecule has 0 spiro atoms. The molecule has 180 valence electrons. The Kier molecular flexibility index (Phi) is 7.62. The number of nitrogens with one attached hydrogen (secondary N) is 3. The number of para-hydroxylation sites is 2. The van der Waals surface area contributed by atoms with Gasteiger partial charge in [0.05, 0.1) is 24.4 Å². The quantitative estimate of drug-likeness (QED) is 0.390. The molecule has 4 rings (SSSR count). The summed E-state index contributed by atoms with van der Waals surface area (Å²) in [6.45, 7) is 4.67. The van der Waals surface area contributed by atoms with E-state index < -0.39 is 6.04 Å². The molecule has 0 aromatic heterocycles. The van der Waals surface area contributed by atoms with Crippen LogP contribution in [0.5, 0.6) is 5.75 Å². The van der Waals surface area contributed by atoms with Crippen molar-refractivity contribution in [3.8, 4) is 5.75 Å². The highest BCUT2D eigenvalue weighted by molar-refractivity contribution is 7.80. The van der Waals surface area contributed by atoms with E-state index >= 15 is 0 Å². The third-order valence-corrected chi connectivity index (χ3v) is 5.81. The molecule has 0 radical (unpaired) electrons. The predicted octanol–water partition coefficient (Wildman–Crippen LogP) is 5.34. The number of hydrogen-bond donors (Lipinski definition) is 3. The first-order chi connectivity index (χ1) is 16.9. The van der Waals surface area contributed by atoms with Crippen molar-refractivity contribution >= 4 is 51.9 Å². The molecule has 2 amide bonds. The molecule has 0 aliphatic carbocycles. The van der Waals surface area contributed by atoms with E-state index in [1.165, 1.54) is 0 Å². The number of benzene rings is 3. The molecule has 3 aromatic rings. The van der Waals surface area contributed by atoms with Gasteiger partial charge in [0, 0.05) is 11.4 Å². The monoisotopic (exact) mass is 488 g/mol. The van der Waals surface area contributed by atoms with Crippen LogP contribution >= 0.6 is 12.2 Å². The summed E-state index contributed by atoms with van der Waals surface area (Å²) in [6, 6.07) is 21.6. The second kappa shape index (κ2) is 11.0. The van der Waals surface area contributed by atoms with E-state index in [4.69, 9.17) is 17.0 Å². The number of rotatable bonds is 7. The fraction of sp³-hybridized carbons (Fsp3) is 0.222. The number of amides is 2. The SMILES string of the molecule is CCCOc1ccc(NC(=O)C[C@@H]2C(=O)Nc3ccccc3N2C(=S)Nc2cccc(C)c2)cc1. The lowest BCUT2D eigenvalue weighted by Gasteiger charge is -2.37. The zero-order valence-electron chi connectivity index (χ0n) is 19.7. The first kappa shape index (κ1) is 24.2. The summed E-state index contributed by atoms with van der Waals surface area (Å²) in [4.78, 5) is 27.7. The van der Waals surface area contributed by atoms with Gasteiger partial charge in [-0.25, -0.2) is 0 Å². The smallest absolute Gasteiger partial charge is 0.248 e. The summed E-state index contributed by atoms with van der Waals surface area (Å²) in [5.41, 5.74) is 3.89. The third kappa shape index (κ3) is 5.96. The molecule has 0 fully saturated rings. The highest BCUT2D eigenvalue weighted by atomic mass is 32.1.